The highest BCUT2D eigenvalue weighted by Gasteiger charge is 2.21. The molecule has 156 valence electrons. The van der Waals surface area contributed by atoms with Crippen molar-refractivity contribution in [2.45, 2.75) is 6.61 Å². The third kappa shape index (κ3) is 4.27. The highest BCUT2D eigenvalue weighted by molar-refractivity contribution is 6.34. The normalized spacial score (nSPS) is 10.9. The molecule has 30 heavy (non-hydrogen) atoms. The number of carbonyl (C=O) groups excluding carboxylic acids is 2. The topological polar surface area (TPSA) is 73.2 Å². The Balaban J connectivity index is 1.89. The molecule has 0 bridgehead atoms. The number of aldehydes is 1. The molecule has 0 saturated carbocycles. The summed E-state index contributed by atoms with van der Waals surface area (Å²) in [5.74, 6) is -2.50. The fraction of sp³-hybridized carbons (Fsp3) is 0.105. The quantitative estimate of drug-likeness (QED) is 0.516. The van der Waals surface area contributed by atoms with E-state index >= 15 is 0 Å². The smallest absolute Gasteiger partial charge is 0.387 e. The minimum absolute atomic E-state index is 0.0371. The van der Waals surface area contributed by atoms with E-state index in [1.807, 2.05) is 0 Å². The van der Waals surface area contributed by atoms with Gasteiger partial charge < -0.3 is 14.6 Å². The van der Waals surface area contributed by atoms with E-state index in [0.717, 1.165) is 6.07 Å². The molecule has 0 unspecified atom stereocenters. The summed E-state index contributed by atoms with van der Waals surface area (Å²) in [5, 5.41) is 2.28. The summed E-state index contributed by atoms with van der Waals surface area (Å²) in [7, 11) is 1.50. The van der Waals surface area contributed by atoms with Crippen LogP contribution in [0.15, 0.2) is 36.5 Å². The van der Waals surface area contributed by atoms with Crippen LogP contribution >= 0.6 is 23.2 Å². The molecule has 0 aliphatic rings. The van der Waals surface area contributed by atoms with Crippen LogP contribution in [0.4, 0.5) is 18.9 Å². The van der Waals surface area contributed by atoms with Gasteiger partial charge in [0, 0.05) is 23.9 Å². The van der Waals surface area contributed by atoms with Gasteiger partial charge in [0.25, 0.3) is 5.91 Å². The monoisotopic (exact) mass is 457 g/mol. The van der Waals surface area contributed by atoms with Crippen molar-refractivity contribution in [2.24, 2.45) is 7.05 Å². The zero-order valence-corrected chi connectivity index (χ0v) is 16.6. The molecule has 1 amide bonds. The predicted octanol–water partition coefficient (Wildman–Crippen LogP) is 5.20. The van der Waals surface area contributed by atoms with Gasteiger partial charge in [0.1, 0.15) is 0 Å². The lowest BCUT2D eigenvalue weighted by Crippen LogP contribution is -2.17. The van der Waals surface area contributed by atoms with E-state index in [-0.39, 0.29) is 27.7 Å². The summed E-state index contributed by atoms with van der Waals surface area (Å²) in [4.78, 5) is 27.4. The maximum Gasteiger partial charge on any atom is 0.387 e. The fourth-order valence-corrected chi connectivity index (χ4v) is 3.15. The minimum atomic E-state index is -3.21. The number of nitrogens with zero attached hydrogens (tertiary/aromatic N) is 2. The van der Waals surface area contributed by atoms with Crippen molar-refractivity contribution in [1.29, 1.82) is 0 Å². The van der Waals surface area contributed by atoms with Crippen LogP contribution in [-0.2, 0) is 7.05 Å². The lowest BCUT2D eigenvalue weighted by molar-refractivity contribution is -0.0521. The van der Waals surface area contributed by atoms with Gasteiger partial charge in [0.05, 0.1) is 21.9 Å². The first kappa shape index (κ1) is 21.7. The Hall–Kier alpha value is -3.04. The maximum absolute atomic E-state index is 14.3. The predicted molar refractivity (Wildman–Crippen MR) is 105 cm³/mol. The van der Waals surface area contributed by atoms with Crippen molar-refractivity contribution in [3.8, 4) is 17.0 Å². The second-order valence-electron chi connectivity index (χ2n) is 5.95. The highest BCUT2D eigenvalue weighted by atomic mass is 35.5. The average molecular weight is 458 g/mol. The molecule has 0 fully saturated rings. The molecule has 0 spiro atoms. The number of halogens is 5. The summed E-state index contributed by atoms with van der Waals surface area (Å²) < 4.78 is 44.4. The molecule has 2 aromatic carbocycles. The van der Waals surface area contributed by atoms with Crippen molar-refractivity contribution in [2.75, 3.05) is 5.32 Å². The van der Waals surface area contributed by atoms with Gasteiger partial charge in [0.15, 0.2) is 23.7 Å². The number of benzene rings is 2. The van der Waals surface area contributed by atoms with Gasteiger partial charge in [0.2, 0.25) is 0 Å². The number of alkyl halides is 2. The molecule has 0 aliphatic carbocycles. The van der Waals surface area contributed by atoms with E-state index in [0.29, 0.717) is 12.0 Å². The van der Waals surface area contributed by atoms with Crippen LogP contribution in [0.5, 0.6) is 5.75 Å². The number of carbonyl (C=O) groups is 2. The third-order valence-electron chi connectivity index (χ3n) is 4.12. The molecule has 3 aromatic rings. The van der Waals surface area contributed by atoms with Crippen molar-refractivity contribution >= 4 is 41.1 Å². The number of anilines is 1. The van der Waals surface area contributed by atoms with Gasteiger partial charge in [-0.15, -0.1) is 0 Å². The summed E-state index contributed by atoms with van der Waals surface area (Å²) >= 11 is 11.9. The molecule has 0 radical (unpaired) electrons. The summed E-state index contributed by atoms with van der Waals surface area (Å²) in [6.45, 7) is -3.21. The number of amides is 1. The van der Waals surface area contributed by atoms with Gasteiger partial charge >= 0.3 is 6.61 Å². The Morgan fingerprint density at radius 3 is 2.63 bits per heavy atom. The highest BCUT2D eigenvalue weighted by Crippen LogP contribution is 2.35. The van der Waals surface area contributed by atoms with E-state index in [1.165, 1.54) is 42.1 Å². The summed E-state index contributed by atoms with van der Waals surface area (Å²) in [5.41, 5.74) is 0.993. The molecule has 11 heteroatoms. The lowest BCUT2D eigenvalue weighted by Gasteiger charge is -2.11. The molecule has 1 aromatic heterocycles. The first-order chi connectivity index (χ1) is 14.2. The first-order valence-electron chi connectivity index (χ1n) is 8.24. The third-order valence-corrected chi connectivity index (χ3v) is 4.81. The summed E-state index contributed by atoms with van der Waals surface area (Å²) in [6.07, 6.45) is 1.87. The zero-order valence-electron chi connectivity index (χ0n) is 15.1. The first-order valence-corrected chi connectivity index (χ1v) is 8.99. The Labute approximate surface area is 178 Å². The molecule has 3 rings (SSSR count). The SMILES string of the molecule is Cn1c(-c2ccc(OC(F)F)c(F)c2Cl)cnc1C(=O)Nc1ccc(C=O)c(Cl)c1. The maximum atomic E-state index is 14.3. The standard InChI is InChI=1S/C19H12Cl2F3N3O3/c1-27-13(11-4-5-14(30-19(23)24)16(22)15(11)21)7-25-17(27)18(29)26-10-3-2-9(8-28)12(20)6-10/h2-8,19H,1H3,(H,26,29). The van der Waals surface area contributed by atoms with Gasteiger partial charge in [-0.1, -0.05) is 23.2 Å². The zero-order chi connectivity index (χ0) is 22.0. The Morgan fingerprint density at radius 2 is 2.00 bits per heavy atom. The van der Waals surface area contributed by atoms with E-state index in [1.54, 1.807) is 0 Å². The number of nitrogens with one attached hydrogen (secondary N) is 1. The summed E-state index contributed by atoms with van der Waals surface area (Å²) in [6, 6.07) is 6.62. The lowest BCUT2D eigenvalue weighted by atomic mass is 10.1. The largest absolute Gasteiger partial charge is 0.432 e. The van der Waals surface area contributed by atoms with Crippen LogP contribution < -0.4 is 10.1 Å². The molecular formula is C19H12Cl2F3N3O3. The van der Waals surface area contributed by atoms with Gasteiger partial charge in [-0.25, -0.2) is 9.37 Å². The molecule has 0 saturated heterocycles. The van der Waals surface area contributed by atoms with Crippen molar-refractivity contribution in [3.05, 3.63) is 63.8 Å². The van der Waals surface area contributed by atoms with Gasteiger partial charge in [-0.05, 0) is 30.3 Å². The van der Waals surface area contributed by atoms with Crippen molar-refractivity contribution < 1.29 is 27.5 Å². The van der Waals surface area contributed by atoms with E-state index in [2.05, 4.69) is 15.0 Å². The Bertz CT molecular complexity index is 1140. The number of ether oxygens (including phenoxy) is 1. The molecule has 0 aliphatic heterocycles. The van der Waals surface area contributed by atoms with E-state index < -0.39 is 29.1 Å². The molecule has 6 nitrogen and oxygen atoms in total. The second kappa shape index (κ2) is 8.76. The molecular weight excluding hydrogens is 446 g/mol. The van der Waals surface area contributed by atoms with Crippen LogP contribution in [0.2, 0.25) is 10.0 Å². The van der Waals surface area contributed by atoms with Crippen LogP contribution in [0.1, 0.15) is 21.0 Å². The second-order valence-corrected chi connectivity index (χ2v) is 6.74. The number of aromatic nitrogens is 2. The van der Waals surface area contributed by atoms with Crippen LogP contribution in [-0.4, -0.2) is 28.4 Å². The molecule has 1 N–H and O–H groups in total. The average Bonchev–Trinajstić information content (AvgIpc) is 3.07. The van der Waals surface area contributed by atoms with Crippen LogP contribution in [0.3, 0.4) is 0 Å². The van der Waals surface area contributed by atoms with E-state index in [4.69, 9.17) is 23.2 Å². The molecule has 0 atom stereocenters. The number of imidazole rings is 1. The number of hydrogen-bond acceptors (Lipinski definition) is 4. The van der Waals surface area contributed by atoms with E-state index in [9.17, 15) is 22.8 Å². The van der Waals surface area contributed by atoms with Gasteiger partial charge in [-0.2, -0.15) is 8.78 Å². The Morgan fingerprint density at radius 1 is 1.27 bits per heavy atom. The van der Waals surface area contributed by atoms with Crippen LogP contribution in [0, 0.1) is 5.82 Å². The Kier molecular flexibility index (Phi) is 6.33. The number of hydrogen-bond donors (Lipinski definition) is 1. The number of rotatable bonds is 6. The minimum Gasteiger partial charge on any atom is -0.432 e. The van der Waals surface area contributed by atoms with Gasteiger partial charge in [-0.3, -0.25) is 9.59 Å². The fourth-order valence-electron chi connectivity index (χ4n) is 2.67. The van der Waals surface area contributed by atoms with Crippen molar-refractivity contribution in [1.82, 2.24) is 9.55 Å². The molecule has 1 heterocycles. The van der Waals surface area contributed by atoms with Crippen LogP contribution in [0.25, 0.3) is 11.3 Å². The van der Waals surface area contributed by atoms with Crippen molar-refractivity contribution in [3.63, 3.8) is 0 Å².